The topological polar surface area (TPSA) is 79.8 Å². The van der Waals surface area contributed by atoms with Gasteiger partial charge in [-0.25, -0.2) is 4.79 Å². The van der Waals surface area contributed by atoms with Gasteiger partial charge in [-0.15, -0.1) is 0 Å². The molecule has 6 nitrogen and oxygen atoms in total. The van der Waals surface area contributed by atoms with Crippen LogP contribution in [0.4, 0.5) is 4.79 Å². The van der Waals surface area contributed by atoms with Crippen molar-refractivity contribution < 1.29 is 19.4 Å². The Morgan fingerprint density at radius 3 is 2.41 bits per heavy atom. The van der Waals surface area contributed by atoms with Gasteiger partial charge in [-0.1, -0.05) is 13.8 Å². The van der Waals surface area contributed by atoms with Crippen molar-refractivity contribution in [1.82, 2.24) is 10.6 Å². The lowest BCUT2D eigenvalue weighted by atomic mass is 9.96. The van der Waals surface area contributed by atoms with Crippen LogP contribution in [0.3, 0.4) is 0 Å². The number of carbonyl (C=O) groups is 1. The summed E-state index contributed by atoms with van der Waals surface area (Å²) in [7, 11) is 0. The minimum atomic E-state index is -0.468. The summed E-state index contributed by atoms with van der Waals surface area (Å²) in [5.41, 5.74) is -0.468. The molecular formula is C16H34N2O4. The Labute approximate surface area is 134 Å². The van der Waals surface area contributed by atoms with Crippen molar-refractivity contribution in [1.29, 1.82) is 0 Å². The number of aliphatic hydroxyl groups is 1. The third kappa shape index (κ3) is 12.9. The van der Waals surface area contributed by atoms with E-state index in [1.54, 1.807) is 0 Å². The highest BCUT2D eigenvalue weighted by molar-refractivity contribution is 5.67. The zero-order valence-electron chi connectivity index (χ0n) is 14.8. The molecule has 0 spiro atoms. The van der Waals surface area contributed by atoms with E-state index in [1.807, 2.05) is 20.8 Å². The summed E-state index contributed by atoms with van der Waals surface area (Å²) in [5, 5.41) is 14.8. The number of ether oxygens (including phenoxy) is 2. The van der Waals surface area contributed by atoms with Crippen LogP contribution < -0.4 is 10.6 Å². The lowest BCUT2D eigenvalue weighted by molar-refractivity contribution is 0.0514. The molecule has 0 aliphatic heterocycles. The molecule has 0 fully saturated rings. The maximum absolute atomic E-state index is 11.7. The molecular weight excluding hydrogens is 284 g/mol. The summed E-state index contributed by atoms with van der Waals surface area (Å²) in [6.45, 7) is 13.3. The molecule has 0 saturated carbocycles. The van der Waals surface area contributed by atoms with E-state index in [-0.39, 0.29) is 12.7 Å². The first-order valence-corrected chi connectivity index (χ1v) is 8.12. The van der Waals surface area contributed by atoms with Crippen molar-refractivity contribution in [2.24, 2.45) is 11.8 Å². The molecule has 6 heteroatoms. The minimum Gasteiger partial charge on any atom is -0.444 e. The van der Waals surface area contributed by atoms with Crippen molar-refractivity contribution in [2.45, 2.75) is 46.6 Å². The van der Waals surface area contributed by atoms with Gasteiger partial charge in [0.05, 0.1) is 13.2 Å². The van der Waals surface area contributed by atoms with Crippen molar-refractivity contribution in [2.75, 3.05) is 39.5 Å². The highest BCUT2D eigenvalue weighted by Crippen LogP contribution is 2.10. The number of alkyl carbamates (subject to hydrolysis) is 1. The molecule has 0 aromatic heterocycles. The third-order valence-electron chi connectivity index (χ3n) is 3.13. The zero-order valence-corrected chi connectivity index (χ0v) is 14.8. The van der Waals surface area contributed by atoms with Crippen LogP contribution in [-0.2, 0) is 9.47 Å². The maximum atomic E-state index is 11.7. The van der Waals surface area contributed by atoms with Gasteiger partial charge in [0.25, 0.3) is 0 Å². The predicted molar refractivity (Wildman–Crippen MR) is 88.0 cm³/mol. The number of hydrogen-bond acceptors (Lipinski definition) is 5. The SMILES string of the molecule is CC(C)C(CNCCCOCCO)CNC(=O)OC(C)(C)C. The molecule has 132 valence electrons. The van der Waals surface area contributed by atoms with Crippen LogP contribution >= 0.6 is 0 Å². The Balaban J connectivity index is 3.85. The normalized spacial score (nSPS) is 13.2. The first kappa shape index (κ1) is 21.1. The largest absolute Gasteiger partial charge is 0.444 e. The number of carbonyl (C=O) groups excluding carboxylic acids is 1. The molecule has 1 unspecified atom stereocenters. The standard InChI is InChI=1S/C16H34N2O4/c1-13(2)14(11-17-7-6-9-21-10-8-19)12-18-15(20)22-16(3,4)5/h13-14,17,19H,6-12H2,1-5H3,(H,18,20). The molecule has 0 aliphatic rings. The van der Waals surface area contributed by atoms with E-state index in [9.17, 15) is 4.79 Å². The molecule has 0 bridgehead atoms. The maximum Gasteiger partial charge on any atom is 0.407 e. The molecule has 1 amide bonds. The second-order valence-corrected chi connectivity index (χ2v) is 6.78. The smallest absolute Gasteiger partial charge is 0.407 e. The van der Waals surface area contributed by atoms with Crippen LogP contribution in [0.2, 0.25) is 0 Å². The molecule has 0 aromatic carbocycles. The Hall–Kier alpha value is -0.850. The Morgan fingerprint density at radius 2 is 1.86 bits per heavy atom. The number of nitrogens with one attached hydrogen (secondary N) is 2. The molecule has 22 heavy (non-hydrogen) atoms. The molecule has 0 heterocycles. The van der Waals surface area contributed by atoms with E-state index in [2.05, 4.69) is 24.5 Å². The summed E-state index contributed by atoms with van der Waals surface area (Å²) in [6.07, 6.45) is 0.542. The summed E-state index contributed by atoms with van der Waals surface area (Å²) in [6, 6.07) is 0. The molecule has 0 aromatic rings. The quantitative estimate of drug-likeness (QED) is 0.506. The van der Waals surface area contributed by atoms with Crippen molar-refractivity contribution in [3.63, 3.8) is 0 Å². The first-order chi connectivity index (χ1) is 10.3. The summed E-state index contributed by atoms with van der Waals surface area (Å²) in [4.78, 5) is 11.7. The third-order valence-corrected chi connectivity index (χ3v) is 3.13. The molecule has 0 aliphatic carbocycles. The highest BCUT2D eigenvalue weighted by Gasteiger charge is 2.18. The molecule has 0 rings (SSSR count). The Kier molecular flexibility index (Phi) is 11.2. The van der Waals surface area contributed by atoms with E-state index in [0.717, 1.165) is 19.5 Å². The van der Waals surface area contributed by atoms with E-state index < -0.39 is 5.60 Å². The van der Waals surface area contributed by atoms with E-state index >= 15 is 0 Å². The van der Waals surface area contributed by atoms with Gasteiger partial charge in [0.1, 0.15) is 5.60 Å². The van der Waals surface area contributed by atoms with Crippen molar-refractivity contribution in [3.05, 3.63) is 0 Å². The van der Waals surface area contributed by atoms with Gasteiger partial charge in [0.2, 0.25) is 0 Å². The number of aliphatic hydroxyl groups excluding tert-OH is 1. The summed E-state index contributed by atoms with van der Waals surface area (Å²) >= 11 is 0. The van der Waals surface area contributed by atoms with Gasteiger partial charge >= 0.3 is 6.09 Å². The number of rotatable bonds is 11. The van der Waals surface area contributed by atoms with E-state index in [4.69, 9.17) is 14.6 Å². The number of amides is 1. The van der Waals surface area contributed by atoms with Gasteiger partial charge < -0.3 is 25.2 Å². The highest BCUT2D eigenvalue weighted by atomic mass is 16.6. The van der Waals surface area contributed by atoms with Gasteiger partial charge in [-0.2, -0.15) is 0 Å². The van der Waals surface area contributed by atoms with Crippen LogP contribution in [0.25, 0.3) is 0 Å². The van der Waals surface area contributed by atoms with Crippen LogP contribution in [0.5, 0.6) is 0 Å². The fourth-order valence-electron chi connectivity index (χ4n) is 1.83. The fourth-order valence-corrected chi connectivity index (χ4v) is 1.83. The predicted octanol–water partition coefficient (Wildman–Crippen LogP) is 1.77. The van der Waals surface area contributed by atoms with Crippen LogP contribution in [0.1, 0.15) is 41.0 Å². The minimum absolute atomic E-state index is 0.0686. The molecule has 3 N–H and O–H groups in total. The van der Waals surface area contributed by atoms with E-state index in [1.165, 1.54) is 0 Å². The average molecular weight is 318 g/mol. The summed E-state index contributed by atoms with van der Waals surface area (Å²) in [5.74, 6) is 0.818. The average Bonchev–Trinajstić information content (AvgIpc) is 2.38. The van der Waals surface area contributed by atoms with Gasteiger partial charge in [0.15, 0.2) is 0 Å². The zero-order chi connectivity index (χ0) is 17.0. The summed E-state index contributed by atoms with van der Waals surface area (Å²) < 4.78 is 10.4. The fraction of sp³-hybridized carbons (Fsp3) is 0.938. The Morgan fingerprint density at radius 1 is 1.18 bits per heavy atom. The lowest BCUT2D eigenvalue weighted by Gasteiger charge is -2.24. The van der Waals surface area contributed by atoms with Gasteiger partial charge in [0, 0.05) is 13.2 Å². The van der Waals surface area contributed by atoms with Crippen molar-refractivity contribution >= 4 is 6.09 Å². The monoisotopic (exact) mass is 318 g/mol. The lowest BCUT2D eigenvalue weighted by Crippen LogP contribution is -2.39. The van der Waals surface area contributed by atoms with Crippen molar-refractivity contribution in [3.8, 4) is 0 Å². The number of hydrogen-bond donors (Lipinski definition) is 3. The van der Waals surface area contributed by atoms with Crippen LogP contribution in [-0.4, -0.2) is 56.3 Å². The second-order valence-electron chi connectivity index (χ2n) is 6.78. The molecule has 1 atom stereocenters. The molecule has 0 saturated heterocycles. The van der Waals surface area contributed by atoms with Gasteiger partial charge in [-0.05, 0) is 52.1 Å². The molecule has 0 radical (unpaired) electrons. The van der Waals surface area contributed by atoms with Crippen LogP contribution in [0.15, 0.2) is 0 Å². The first-order valence-electron chi connectivity index (χ1n) is 8.12. The Bertz CT molecular complexity index is 290. The second kappa shape index (κ2) is 11.7. The van der Waals surface area contributed by atoms with Gasteiger partial charge in [-0.3, -0.25) is 0 Å². The van der Waals surface area contributed by atoms with Crippen LogP contribution in [0, 0.1) is 11.8 Å². The van der Waals surface area contributed by atoms with E-state index in [0.29, 0.717) is 31.6 Å².